The summed E-state index contributed by atoms with van der Waals surface area (Å²) in [5.41, 5.74) is 1.25. The number of anilines is 1. The molecular weight excluding hydrogens is 178 g/mol. The lowest BCUT2D eigenvalue weighted by Gasteiger charge is -2.07. The molecule has 0 aliphatic carbocycles. The van der Waals surface area contributed by atoms with Gasteiger partial charge in [-0.3, -0.25) is 4.68 Å². The van der Waals surface area contributed by atoms with Gasteiger partial charge in [-0.05, 0) is 5.92 Å². The van der Waals surface area contributed by atoms with Crippen molar-refractivity contribution in [3.8, 4) is 0 Å². The van der Waals surface area contributed by atoms with E-state index in [0.717, 1.165) is 12.4 Å². The second-order valence-electron chi connectivity index (χ2n) is 3.68. The molecule has 0 amide bonds. The van der Waals surface area contributed by atoms with E-state index in [9.17, 15) is 0 Å². The number of hydrogen-bond donors (Lipinski definition) is 1. The summed E-state index contributed by atoms with van der Waals surface area (Å²) in [6, 6.07) is 0. The van der Waals surface area contributed by atoms with Crippen LogP contribution in [0.15, 0.2) is 6.20 Å². The molecule has 0 unspecified atom stereocenters. The molecule has 0 aliphatic rings. The van der Waals surface area contributed by atoms with Crippen LogP contribution in [0.3, 0.4) is 0 Å². The lowest BCUT2D eigenvalue weighted by molar-refractivity contribution is 0.210. The number of methoxy groups -OCH3 is 1. The number of ether oxygens (including phenoxy) is 1. The van der Waals surface area contributed by atoms with Crippen LogP contribution in [0.25, 0.3) is 0 Å². The second kappa shape index (κ2) is 5.00. The van der Waals surface area contributed by atoms with Crippen molar-refractivity contribution in [1.82, 2.24) is 9.78 Å². The lowest BCUT2D eigenvalue weighted by atomic mass is 10.1. The minimum absolute atomic E-state index is 0.494. The van der Waals surface area contributed by atoms with Gasteiger partial charge in [-0.1, -0.05) is 13.8 Å². The first-order valence-electron chi connectivity index (χ1n) is 4.91. The van der Waals surface area contributed by atoms with Crippen molar-refractivity contribution in [3.63, 3.8) is 0 Å². The van der Waals surface area contributed by atoms with Gasteiger partial charge in [-0.25, -0.2) is 0 Å². The Bertz CT molecular complexity index is 281. The smallest absolute Gasteiger partial charge is 0.151 e. The van der Waals surface area contributed by atoms with Crippen LogP contribution < -0.4 is 5.32 Å². The first-order chi connectivity index (χ1) is 6.65. The van der Waals surface area contributed by atoms with Crippen molar-refractivity contribution < 1.29 is 4.74 Å². The molecule has 1 N–H and O–H groups in total. The Morgan fingerprint density at radius 1 is 1.57 bits per heavy atom. The largest absolute Gasteiger partial charge is 0.383 e. The Hall–Kier alpha value is -1.03. The predicted octanol–water partition coefficient (Wildman–Crippen LogP) is 1.60. The van der Waals surface area contributed by atoms with Crippen LogP contribution in [0.5, 0.6) is 0 Å². The highest BCUT2D eigenvalue weighted by Crippen LogP contribution is 2.21. The van der Waals surface area contributed by atoms with Gasteiger partial charge in [0.1, 0.15) is 0 Å². The zero-order chi connectivity index (χ0) is 10.6. The van der Waals surface area contributed by atoms with E-state index >= 15 is 0 Å². The molecule has 4 heteroatoms. The molecule has 14 heavy (non-hydrogen) atoms. The topological polar surface area (TPSA) is 39.1 Å². The van der Waals surface area contributed by atoms with Gasteiger partial charge in [0.05, 0.1) is 6.61 Å². The Kier molecular flexibility index (Phi) is 3.95. The molecule has 0 saturated heterocycles. The van der Waals surface area contributed by atoms with Crippen LogP contribution in [0.4, 0.5) is 5.82 Å². The third-order valence-electron chi connectivity index (χ3n) is 2.08. The van der Waals surface area contributed by atoms with Crippen LogP contribution in [0.2, 0.25) is 0 Å². The maximum Gasteiger partial charge on any atom is 0.151 e. The minimum Gasteiger partial charge on any atom is -0.383 e. The quantitative estimate of drug-likeness (QED) is 0.729. The van der Waals surface area contributed by atoms with Gasteiger partial charge >= 0.3 is 0 Å². The summed E-state index contributed by atoms with van der Waals surface area (Å²) in [4.78, 5) is 0. The molecule has 0 saturated carbocycles. The summed E-state index contributed by atoms with van der Waals surface area (Å²) in [5.74, 6) is 1.47. The Morgan fingerprint density at radius 2 is 2.29 bits per heavy atom. The van der Waals surface area contributed by atoms with E-state index in [-0.39, 0.29) is 0 Å². The molecule has 4 nitrogen and oxygen atoms in total. The number of aryl methyl sites for hydroxylation is 1. The Morgan fingerprint density at radius 3 is 2.86 bits per heavy atom. The van der Waals surface area contributed by atoms with E-state index < -0.39 is 0 Å². The normalized spacial score (nSPS) is 10.9. The first-order valence-corrected chi connectivity index (χ1v) is 4.91. The molecule has 1 aromatic rings. The highest BCUT2D eigenvalue weighted by Gasteiger charge is 2.09. The van der Waals surface area contributed by atoms with Gasteiger partial charge in [-0.2, -0.15) is 5.10 Å². The lowest BCUT2D eigenvalue weighted by Crippen LogP contribution is -2.09. The number of rotatable bonds is 5. The predicted molar refractivity (Wildman–Crippen MR) is 57.7 cm³/mol. The Balaban J connectivity index is 2.64. The van der Waals surface area contributed by atoms with Crippen molar-refractivity contribution in [3.05, 3.63) is 11.8 Å². The number of aromatic nitrogens is 2. The maximum atomic E-state index is 4.97. The molecule has 0 aromatic carbocycles. The second-order valence-corrected chi connectivity index (χ2v) is 3.68. The highest BCUT2D eigenvalue weighted by atomic mass is 16.5. The fourth-order valence-corrected chi connectivity index (χ4v) is 1.34. The van der Waals surface area contributed by atoms with Crippen molar-refractivity contribution in [2.24, 2.45) is 7.05 Å². The highest BCUT2D eigenvalue weighted by molar-refractivity contribution is 5.44. The van der Waals surface area contributed by atoms with Crippen molar-refractivity contribution in [1.29, 1.82) is 0 Å². The van der Waals surface area contributed by atoms with Crippen LogP contribution in [-0.4, -0.2) is 30.0 Å². The molecule has 0 spiro atoms. The van der Waals surface area contributed by atoms with Gasteiger partial charge in [0.15, 0.2) is 5.82 Å². The van der Waals surface area contributed by atoms with Gasteiger partial charge in [0, 0.05) is 32.5 Å². The van der Waals surface area contributed by atoms with Gasteiger partial charge in [0.2, 0.25) is 0 Å². The van der Waals surface area contributed by atoms with E-state index in [1.165, 1.54) is 5.56 Å². The molecule has 1 aromatic heterocycles. The standard InChI is InChI=1S/C10H19N3O/c1-8(2)9-7-13(3)12-10(9)11-5-6-14-4/h7-8H,5-6H2,1-4H3,(H,11,12). The van der Waals surface area contributed by atoms with E-state index in [1.54, 1.807) is 7.11 Å². The summed E-state index contributed by atoms with van der Waals surface area (Å²) >= 11 is 0. The summed E-state index contributed by atoms with van der Waals surface area (Å²) in [7, 11) is 3.64. The summed E-state index contributed by atoms with van der Waals surface area (Å²) in [6.45, 7) is 5.83. The van der Waals surface area contributed by atoms with Crippen LogP contribution in [0, 0.1) is 0 Å². The third-order valence-corrected chi connectivity index (χ3v) is 2.08. The van der Waals surface area contributed by atoms with E-state index in [2.05, 4.69) is 30.5 Å². The number of nitrogens with one attached hydrogen (secondary N) is 1. The molecular formula is C10H19N3O. The van der Waals surface area contributed by atoms with E-state index in [1.807, 2.05) is 11.7 Å². The fourth-order valence-electron chi connectivity index (χ4n) is 1.34. The van der Waals surface area contributed by atoms with Crippen LogP contribution in [0.1, 0.15) is 25.3 Å². The molecule has 0 bridgehead atoms. The van der Waals surface area contributed by atoms with Crippen LogP contribution >= 0.6 is 0 Å². The molecule has 0 radical (unpaired) electrons. The van der Waals surface area contributed by atoms with Crippen molar-refractivity contribution in [2.45, 2.75) is 19.8 Å². The zero-order valence-corrected chi connectivity index (χ0v) is 9.37. The fraction of sp³-hybridized carbons (Fsp3) is 0.700. The summed E-state index contributed by atoms with van der Waals surface area (Å²) < 4.78 is 6.81. The maximum absolute atomic E-state index is 4.97. The summed E-state index contributed by atoms with van der Waals surface area (Å²) in [5, 5.41) is 7.61. The van der Waals surface area contributed by atoms with E-state index in [0.29, 0.717) is 12.5 Å². The van der Waals surface area contributed by atoms with E-state index in [4.69, 9.17) is 4.74 Å². The third kappa shape index (κ3) is 2.73. The Labute approximate surface area is 85.3 Å². The number of nitrogens with zero attached hydrogens (tertiary/aromatic N) is 2. The monoisotopic (exact) mass is 197 g/mol. The molecule has 0 atom stereocenters. The average molecular weight is 197 g/mol. The van der Waals surface area contributed by atoms with Crippen molar-refractivity contribution in [2.75, 3.05) is 25.6 Å². The average Bonchev–Trinajstić information content (AvgIpc) is 2.47. The molecule has 1 rings (SSSR count). The SMILES string of the molecule is COCCNc1nn(C)cc1C(C)C. The molecule has 80 valence electrons. The van der Waals surface area contributed by atoms with Gasteiger partial charge in [0.25, 0.3) is 0 Å². The van der Waals surface area contributed by atoms with Gasteiger partial charge in [-0.15, -0.1) is 0 Å². The summed E-state index contributed by atoms with van der Waals surface area (Å²) in [6.07, 6.45) is 2.06. The number of hydrogen-bond acceptors (Lipinski definition) is 3. The molecule has 1 heterocycles. The van der Waals surface area contributed by atoms with Crippen LogP contribution in [-0.2, 0) is 11.8 Å². The van der Waals surface area contributed by atoms with Crippen molar-refractivity contribution >= 4 is 5.82 Å². The molecule has 0 fully saturated rings. The zero-order valence-electron chi connectivity index (χ0n) is 9.37. The minimum atomic E-state index is 0.494. The van der Waals surface area contributed by atoms with Gasteiger partial charge < -0.3 is 10.1 Å². The first kappa shape index (κ1) is 11.0. The molecule has 0 aliphatic heterocycles.